The summed E-state index contributed by atoms with van der Waals surface area (Å²) in [5.41, 5.74) is 0. The van der Waals surface area contributed by atoms with E-state index in [9.17, 15) is 4.79 Å². The molecule has 2 heteroatoms. The Kier molecular flexibility index (Phi) is 2.31. The van der Waals surface area contributed by atoms with E-state index in [0.717, 1.165) is 25.3 Å². The molecule has 0 bridgehead atoms. The first-order valence-electron chi connectivity index (χ1n) is 5.49. The van der Waals surface area contributed by atoms with E-state index in [1.54, 1.807) is 0 Å². The van der Waals surface area contributed by atoms with Gasteiger partial charge in [0.15, 0.2) is 0 Å². The van der Waals surface area contributed by atoms with Crippen LogP contribution in [0.4, 0.5) is 0 Å². The molecule has 1 atom stereocenters. The fourth-order valence-corrected chi connectivity index (χ4v) is 2.60. The molecular formula is C11H19NO. The van der Waals surface area contributed by atoms with E-state index in [0.29, 0.717) is 17.9 Å². The Hall–Kier alpha value is -0.530. The van der Waals surface area contributed by atoms with Crippen LogP contribution in [0, 0.1) is 11.8 Å². The zero-order valence-corrected chi connectivity index (χ0v) is 8.62. The minimum Gasteiger partial charge on any atom is -0.340 e. The molecule has 0 aromatic carbocycles. The van der Waals surface area contributed by atoms with Gasteiger partial charge in [0.05, 0.1) is 0 Å². The fourth-order valence-electron chi connectivity index (χ4n) is 2.60. The van der Waals surface area contributed by atoms with Gasteiger partial charge in [-0.05, 0) is 38.5 Å². The lowest BCUT2D eigenvalue weighted by molar-refractivity contribution is -0.140. The molecule has 2 rings (SSSR count). The molecule has 0 aromatic rings. The third kappa shape index (κ3) is 1.59. The lowest BCUT2D eigenvalue weighted by Crippen LogP contribution is -2.42. The molecule has 13 heavy (non-hydrogen) atoms. The molecule has 2 nitrogen and oxygen atoms in total. The number of likely N-dealkylation sites (tertiary alicyclic amines) is 1. The van der Waals surface area contributed by atoms with Gasteiger partial charge < -0.3 is 4.90 Å². The number of carbonyl (C=O) groups is 1. The molecule has 2 fully saturated rings. The molecule has 1 amide bonds. The van der Waals surface area contributed by atoms with Gasteiger partial charge in [0.25, 0.3) is 0 Å². The van der Waals surface area contributed by atoms with E-state index >= 15 is 0 Å². The van der Waals surface area contributed by atoms with Crippen LogP contribution in [0.5, 0.6) is 0 Å². The number of amides is 1. The number of hydrogen-bond donors (Lipinski definition) is 0. The molecule has 1 unspecified atom stereocenters. The summed E-state index contributed by atoms with van der Waals surface area (Å²) in [5, 5.41) is 0. The molecule has 0 spiro atoms. The molecule has 0 aromatic heterocycles. The van der Waals surface area contributed by atoms with Gasteiger partial charge in [0, 0.05) is 18.5 Å². The second-order valence-electron chi connectivity index (χ2n) is 4.80. The molecule has 0 radical (unpaired) electrons. The van der Waals surface area contributed by atoms with Crippen molar-refractivity contribution in [3.05, 3.63) is 0 Å². The molecular weight excluding hydrogens is 162 g/mol. The van der Waals surface area contributed by atoms with Crippen LogP contribution in [0.3, 0.4) is 0 Å². The smallest absolute Gasteiger partial charge is 0.225 e. The van der Waals surface area contributed by atoms with Crippen molar-refractivity contribution in [1.82, 2.24) is 4.90 Å². The largest absolute Gasteiger partial charge is 0.340 e. The summed E-state index contributed by atoms with van der Waals surface area (Å²) >= 11 is 0. The van der Waals surface area contributed by atoms with E-state index in [-0.39, 0.29) is 0 Å². The van der Waals surface area contributed by atoms with Crippen molar-refractivity contribution in [3.63, 3.8) is 0 Å². The van der Waals surface area contributed by atoms with Crippen molar-refractivity contribution in [3.8, 4) is 0 Å². The van der Waals surface area contributed by atoms with E-state index < -0.39 is 0 Å². The predicted molar refractivity (Wildman–Crippen MR) is 52.3 cm³/mol. The normalized spacial score (nSPS) is 38.9. The fraction of sp³-hybridized carbons (Fsp3) is 0.909. The summed E-state index contributed by atoms with van der Waals surface area (Å²) in [5.74, 6) is 1.59. The third-order valence-electron chi connectivity index (χ3n) is 3.56. The molecule has 0 N–H and O–H groups in total. The van der Waals surface area contributed by atoms with Crippen LogP contribution in [0.25, 0.3) is 0 Å². The van der Waals surface area contributed by atoms with Crippen molar-refractivity contribution < 1.29 is 4.79 Å². The minimum absolute atomic E-state index is 0.371. The van der Waals surface area contributed by atoms with Crippen LogP contribution >= 0.6 is 0 Å². The van der Waals surface area contributed by atoms with Crippen LogP contribution in [0.1, 0.15) is 39.5 Å². The maximum absolute atomic E-state index is 11.9. The molecule has 1 saturated carbocycles. The maximum atomic E-state index is 11.9. The van der Waals surface area contributed by atoms with Gasteiger partial charge in [-0.2, -0.15) is 0 Å². The Morgan fingerprint density at radius 2 is 2.00 bits per heavy atom. The van der Waals surface area contributed by atoms with Gasteiger partial charge in [-0.3, -0.25) is 4.79 Å². The Labute approximate surface area is 80.3 Å². The molecule has 2 aliphatic rings. The number of carbonyl (C=O) groups excluding carboxylic acids is 1. The SMILES string of the molecule is CC1CC(C(=O)N2CCCC2C)C1. The highest BCUT2D eigenvalue weighted by atomic mass is 16.2. The topological polar surface area (TPSA) is 20.3 Å². The first kappa shape index (κ1) is 9.04. The van der Waals surface area contributed by atoms with Gasteiger partial charge in [-0.25, -0.2) is 0 Å². The Balaban J connectivity index is 1.89. The quantitative estimate of drug-likeness (QED) is 0.606. The summed E-state index contributed by atoms with van der Waals surface area (Å²) in [6.07, 6.45) is 4.66. The molecule has 1 aliphatic carbocycles. The molecule has 1 heterocycles. The minimum atomic E-state index is 0.371. The molecule has 74 valence electrons. The summed E-state index contributed by atoms with van der Waals surface area (Å²) in [6, 6.07) is 0.503. The average molecular weight is 181 g/mol. The van der Waals surface area contributed by atoms with Gasteiger partial charge in [-0.1, -0.05) is 6.92 Å². The van der Waals surface area contributed by atoms with Gasteiger partial charge in [0.2, 0.25) is 5.91 Å². The number of rotatable bonds is 1. The Morgan fingerprint density at radius 1 is 1.31 bits per heavy atom. The third-order valence-corrected chi connectivity index (χ3v) is 3.56. The lowest BCUT2D eigenvalue weighted by atomic mass is 9.75. The van der Waals surface area contributed by atoms with E-state index in [1.807, 2.05) is 0 Å². The standard InChI is InChI=1S/C11H19NO/c1-8-6-10(7-8)11(13)12-5-3-4-9(12)2/h8-10H,3-7H2,1-2H3. The van der Waals surface area contributed by atoms with Gasteiger partial charge >= 0.3 is 0 Å². The summed E-state index contributed by atoms with van der Waals surface area (Å²) in [6.45, 7) is 5.41. The second kappa shape index (κ2) is 3.32. The zero-order valence-electron chi connectivity index (χ0n) is 8.62. The van der Waals surface area contributed by atoms with Crippen LogP contribution in [0.2, 0.25) is 0 Å². The number of hydrogen-bond acceptors (Lipinski definition) is 1. The van der Waals surface area contributed by atoms with Crippen molar-refractivity contribution in [2.45, 2.75) is 45.6 Å². The Morgan fingerprint density at radius 3 is 2.46 bits per heavy atom. The molecule has 1 saturated heterocycles. The highest BCUT2D eigenvalue weighted by molar-refractivity contribution is 5.80. The van der Waals surface area contributed by atoms with Crippen molar-refractivity contribution in [2.24, 2.45) is 11.8 Å². The van der Waals surface area contributed by atoms with Gasteiger partial charge in [0.1, 0.15) is 0 Å². The zero-order chi connectivity index (χ0) is 9.42. The van der Waals surface area contributed by atoms with Crippen LogP contribution in [-0.4, -0.2) is 23.4 Å². The predicted octanol–water partition coefficient (Wildman–Crippen LogP) is 2.04. The lowest BCUT2D eigenvalue weighted by Gasteiger charge is -2.35. The monoisotopic (exact) mass is 181 g/mol. The summed E-state index contributed by atoms with van der Waals surface area (Å²) < 4.78 is 0. The Bertz CT molecular complexity index is 208. The van der Waals surface area contributed by atoms with E-state index in [2.05, 4.69) is 18.7 Å². The van der Waals surface area contributed by atoms with Crippen LogP contribution in [-0.2, 0) is 4.79 Å². The van der Waals surface area contributed by atoms with E-state index in [4.69, 9.17) is 0 Å². The molecule has 1 aliphatic heterocycles. The van der Waals surface area contributed by atoms with E-state index in [1.165, 1.54) is 12.8 Å². The van der Waals surface area contributed by atoms with Gasteiger partial charge in [-0.15, -0.1) is 0 Å². The maximum Gasteiger partial charge on any atom is 0.225 e. The first-order valence-corrected chi connectivity index (χ1v) is 5.49. The van der Waals surface area contributed by atoms with Crippen molar-refractivity contribution in [1.29, 1.82) is 0 Å². The highest BCUT2D eigenvalue weighted by Gasteiger charge is 2.36. The second-order valence-corrected chi connectivity index (χ2v) is 4.80. The van der Waals surface area contributed by atoms with Crippen molar-refractivity contribution >= 4 is 5.91 Å². The summed E-state index contributed by atoms with van der Waals surface area (Å²) in [4.78, 5) is 14.0. The number of nitrogens with zero attached hydrogens (tertiary/aromatic N) is 1. The van der Waals surface area contributed by atoms with Crippen LogP contribution < -0.4 is 0 Å². The van der Waals surface area contributed by atoms with Crippen molar-refractivity contribution in [2.75, 3.05) is 6.54 Å². The first-order chi connectivity index (χ1) is 6.18. The average Bonchev–Trinajstić information content (AvgIpc) is 2.44. The summed E-state index contributed by atoms with van der Waals surface area (Å²) in [7, 11) is 0. The van der Waals surface area contributed by atoms with Crippen LogP contribution in [0.15, 0.2) is 0 Å². The highest BCUT2D eigenvalue weighted by Crippen LogP contribution is 2.35.